The van der Waals surface area contributed by atoms with Crippen molar-refractivity contribution in [3.8, 4) is 0 Å². The molecule has 0 spiro atoms. The van der Waals surface area contributed by atoms with Gasteiger partial charge in [-0.3, -0.25) is 23.7 Å². The highest BCUT2D eigenvalue weighted by Crippen LogP contribution is 2.53. The number of benzene rings is 4. The summed E-state index contributed by atoms with van der Waals surface area (Å²) in [7, 11) is 0. The number of imide groups is 1. The van der Waals surface area contributed by atoms with Gasteiger partial charge in [-0.25, -0.2) is 14.1 Å². The van der Waals surface area contributed by atoms with E-state index in [0.717, 1.165) is 38.8 Å². The summed E-state index contributed by atoms with van der Waals surface area (Å²) in [5.41, 5.74) is 1.73. The summed E-state index contributed by atoms with van der Waals surface area (Å²) in [5, 5.41) is 4.21. The third kappa shape index (κ3) is 5.43. The Labute approximate surface area is 276 Å². The number of hydrogen-bond acceptors (Lipinski definition) is 8. The van der Waals surface area contributed by atoms with Crippen molar-refractivity contribution < 1.29 is 28.3 Å². The highest BCUT2D eigenvalue weighted by Gasteiger charge is 2.56. The number of nitrogens with zero attached hydrogens (tertiary/aromatic N) is 2. The van der Waals surface area contributed by atoms with Crippen LogP contribution in [0, 0.1) is 11.7 Å². The Morgan fingerprint density at radius 2 is 1.62 bits per heavy atom. The van der Waals surface area contributed by atoms with Gasteiger partial charge in [-0.1, -0.05) is 71.6 Å². The standard InChI is InChI=1S/C35H26FN3O6S2/c1-2-45-34(43)21-12-16-23(17-13-21)39-31(41)28-27(20-10-14-22(36)15-11-20)30-33(46-29(28)32(39)42)38(35(44)47-30)18-26(40)37-25-9-5-7-19-6-3-4-8-24(19)25/h3-17,27-29H,2,18H2,1H3,(H,37,40). The number of halogens is 1. The molecule has 1 fully saturated rings. The minimum absolute atomic E-state index is 0.203. The summed E-state index contributed by atoms with van der Waals surface area (Å²) < 4.78 is 20.4. The zero-order valence-corrected chi connectivity index (χ0v) is 26.5. The first-order chi connectivity index (χ1) is 22.7. The summed E-state index contributed by atoms with van der Waals surface area (Å²) in [6.07, 6.45) is 0. The molecule has 1 N–H and O–H groups in total. The molecule has 3 amide bonds. The van der Waals surface area contributed by atoms with Crippen molar-refractivity contribution in [2.75, 3.05) is 16.8 Å². The lowest BCUT2D eigenvalue weighted by Crippen LogP contribution is -2.33. The number of nitrogens with one attached hydrogen (secondary N) is 1. The average Bonchev–Trinajstić information content (AvgIpc) is 3.51. The number of anilines is 2. The first kappa shape index (κ1) is 30.6. The third-order valence-corrected chi connectivity index (χ3v) is 10.9. The van der Waals surface area contributed by atoms with Gasteiger partial charge in [0, 0.05) is 21.9 Å². The van der Waals surface area contributed by atoms with Gasteiger partial charge in [-0.2, -0.15) is 0 Å². The van der Waals surface area contributed by atoms with Gasteiger partial charge in [0.15, 0.2) is 0 Å². The molecule has 2 aliphatic rings. The van der Waals surface area contributed by atoms with Crippen LogP contribution in [0.1, 0.15) is 33.6 Å². The van der Waals surface area contributed by atoms with E-state index in [9.17, 15) is 28.4 Å². The molecule has 2 aliphatic heterocycles. The van der Waals surface area contributed by atoms with Crippen molar-refractivity contribution >= 4 is 68.9 Å². The molecule has 9 nitrogen and oxygen atoms in total. The lowest BCUT2D eigenvalue weighted by molar-refractivity contribution is -0.122. The molecule has 47 heavy (non-hydrogen) atoms. The Morgan fingerprint density at radius 3 is 2.36 bits per heavy atom. The van der Waals surface area contributed by atoms with Crippen LogP contribution in [0.15, 0.2) is 101 Å². The van der Waals surface area contributed by atoms with Crippen LogP contribution in [0.5, 0.6) is 0 Å². The second-order valence-corrected chi connectivity index (χ2v) is 13.2. The van der Waals surface area contributed by atoms with Gasteiger partial charge >= 0.3 is 10.8 Å². The van der Waals surface area contributed by atoms with Crippen LogP contribution in [0.3, 0.4) is 0 Å². The number of esters is 1. The Kier molecular flexibility index (Phi) is 7.98. The summed E-state index contributed by atoms with van der Waals surface area (Å²) in [5.74, 6) is -4.02. The van der Waals surface area contributed by atoms with Crippen LogP contribution in [0.4, 0.5) is 15.8 Å². The van der Waals surface area contributed by atoms with Crippen molar-refractivity contribution in [2.45, 2.75) is 29.7 Å². The van der Waals surface area contributed by atoms with E-state index >= 15 is 0 Å². The molecule has 1 saturated heterocycles. The molecular formula is C35H26FN3O6S2. The second-order valence-electron chi connectivity index (χ2n) is 11.1. The molecule has 7 rings (SSSR count). The Hall–Kier alpha value is -5.07. The van der Waals surface area contributed by atoms with E-state index in [1.165, 1.54) is 41.0 Å². The van der Waals surface area contributed by atoms with Crippen molar-refractivity contribution in [1.82, 2.24) is 4.57 Å². The van der Waals surface area contributed by atoms with Crippen molar-refractivity contribution in [3.63, 3.8) is 0 Å². The number of hydrogen-bond donors (Lipinski definition) is 1. The average molecular weight is 668 g/mol. The number of thioether (sulfide) groups is 1. The van der Waals surface area contributed by atoms with Crippen LogP contribution >= 0.6 is 23.1 Å². The topological polar surface area (TPSA) is 115 Å². The number of thiazole rings is 1. The highest BCUT2D eigenvalue weighted by atomic mass is 32.2. The molecule has 1 aromatic heterocycles. The molecule has 4 aromatic carbocycles. The number of carbonyl (C=O) groups is 4. The summed E-state index contributed by atoms with van der Waals surface area (Å²) in [6.45, 7) is 1.59. The fraction of sp³-hybridized carbons (Fsp3) is 0.171. The van der Waals surface area contributed by atoms with E-state index in [1.54, 1.807) is 25.1 Å². The molecule has 5 aromatic rings. The fourth-order valence-corrected chi connectivity index (χ4v) is 8.94. The molecular weight excluding hydrogens is 642 g/mol. The van der Waals surface area contributed by atoms with Gasteiger partial charge in [0.25, 0.3) is 0 Å². The molecule has 0 radical (unpaired) electrons. The first-order valence-electron chi connectivity index (χ1n) is 14.8. The number of carbonyl (C=O) groups excluding carboxylic acids is 4. The maximum atomic E-state index is 14.1. The van der Waals surface area contributed by atoms with E-state index in [1.807, 2.05) is 36.4 Å². The molecule has 236 valence electrons. The number of fused-ring (bicyclic) bond motifs is 3. The maximum Gasteiger partial charge on any atom is 0.338 e. The zero-order chi connectivity index (χ0) is 32.8. The summed E-state index contributed by atoms with van der Waals surface area (Å²) >= 11 is 2.00. The van der Waals surface area contributed by atoms with E-state index in [2.05, 4.69) is 5.32 Å². The quantitative estimate of drug-likeness (QED) is 0.172. The monoisotopic (exact) mass is 667 g/mol. The largest absolute Gasteiger partial charge is 0.462 e. The molecule has 3 atom stereocenters. The van der Waals surface area contributed by atoms with E-state index in [0.29, 0.717) is 21.2 Å². The molecule has 0 bridgehead atoms. The van der Waals surface area contributed by atoms with Crippen molar-refractivity contribution in [2.24, 2.45) is 5.92 Å². The van der Waals surface area contributed by atoms with Gasteiger partial charge < -0.3 is 10.1 Å². The highest BCUT2D eigenvalue weighted by molar-refractivity contribution is 8.00. The van der Waals surface area contributed by atoms with Gasteiger partial charge in [0.1, 0.15) is 17.6 Å². The maximum absolute atomic E-state index is 14.1. The van der Waals surface area contributed by atoms with Crippen LogP contribution in [-0.4, -0.2) is 40.1 Å². The second kappa shape index (κ2) is 12.3. The minimum Gasteiger partial charge on any atom is -0.462 e. The number of aromatic nitrogens is 1. The van der Waals surface area contributed by atoms with Crippen LogP contribution in [0.25, 0.3) is 10.8 Å². The van der Waals surface area contributed by atoms with E-state index in [-0.39, 0.29) is 24.4 Å². The smallest absolute Gasteiger partial charge is 0.338 e. The molecule has 0 aliphatic carbocycles. The minimum atomic E-state index is -0.920. The van der Waals surface area contributed by atoms with E-state index < -0.39 is 51.5 Å². The Morgan fingerprint density at radius 1 is 0.894 bits per heavy atom. The first-order valence-corrected chi connectivity index (χ1v) is 16.5. The van der Waals surface area contributed by atoms with Crippen LogP contribution in [-0.2, 0) is 25.7 Å². The SMILES string of the molecule is CCOC(=O)c1ccc(N2C(=O)C3Sc4c(sc(=O)n4CC(=O)Nc4cccc5ccccc45)C(c4ccc(F)cc4)C3C2=O)cc1. The van der Waals surface area contributed by atoms with Crippen LogP contribution < -0.4 is 15.1 Å². The molecule has 3 unspecified atom stereocenters. The Bertz CT molecular complexity index is 2120. The zero-order valence-electron chi connectivity index (χ0n) is 24.8. The predicted octanol–water partition coefficient (Wildman–Crippen LogP) is 5.81. The van der Waals surface area contributed by atoms with Gasteiger partial charge in [0.2, 0.25) is 17.7 Å². The normalized spacial score (nSPS) is 18.6. The van der Waals surface area contributed by atoms with Gasteiger partial charge in [-0.05, 0) is 60.3 Å². The number of rotatable bonds is 7. The predicted molar refractivity (Wildman–Crippen MR) is 177 cm³/mol. The van der Waals surface area contributed by atoms with Crippen LogP contribution in [0.2, 0.25) is 0 Å². The lowest BCUT2D eigenvalue weighted by Gasteiger charge is -2.30. The summed E-state index contributed by atoms with van der Waals surface area (Å²) in [4.78, 5) is 68.3. The fourth-order valence-electron chi connectivity index (χ4n) is 6.17. The number of amides is 3. The summed E-state index contributed by atoms with van der Waals surface area (Å²) in [6, 6.07) is 24.8. The molecule has 0 saturated carbocycles. The van der Waals surface area contributed by atoms with E-state index in [4.69, 9.17) is 4.74 Å². The van der Waals surface area contributed by atoms with Gasteiger partial charge in [-0.15, -0.1) is 0 Å². The lowest BCUT2D eigenvalue weighted by atomic mass is 9.83. The van der Waals surface area contributed by atoms with Crippen molar-refractivity contribution in [3.05, 3.63) is 122 Å². The molecule has 12 heteroatoms. The third-order valence-electron chi connectivity index (χ3n) is 8.28. The number of ether oxygens (including phenoxy) is 1. The molecule has 3 heterocycles. The van der Waals surface area contributed by atoms with Gasteiger partial charge in [0.05, 0.1) is 28.8 Å². The van der Waals surface area contributed by atoms with Crippen molar-refractivity contribution in [1.29, 1.82) is 0 Å². The Balaban J connectivity index is 1.24.